The summed E-state index contributed by atoms with van der Waals surface area (Å²) in [4.78, 5) is 0. The van der Waals surface area contributed by atoms with Gasteiger partial charge in [0.1, 0.15) is 0 Å². The summed E-state index contributed by atoms with van der Waals surface area (Å²) < 4.78 is 0. The van der Waals surface area contributed by atoms with Crippen LogP contribution in [0.4, 0.5) is 0 Å². The average Bonchev–Trinajstić information content (AvgIpc) is 2.39. The van der Waals surface area contributed by atoms with E-state index < -0.39 is 8.07 Å². The van der Waals surface area contributed by atoms with Gasteiger partial charge in [0.25, 0.3) is 0 Å². The Labute approximate surface area is 107 Å². The van der Waals surface area contributed by atoms with Crippen LogP contribution in [-0.4, -0.2) is 19.3 Å². The first-order valence-electron chi connectivity index (χ1n) is 6.86. The van der Waals surface area contributed by atoms with Gasteiger partial charge in [0.2, 0.25) is 0 Å². The molecule has 0 saturated heterocycles. The monoisotopic (exact) mass is 250 g/mol. The zero-order valence-corrected chi connectivity index (χ0v) is 12.7. The van der Waals surface area contributed by atoms with E-state index in [1.54, 1.807) is 0 Å². The van der Waals surface area contributed by atoms with Crippen molar-refractivity contribution < 1.29 is 5.11 Å². The van der Waals surface area contributed by atoms with Gasteiger partial charge in [-0.3, -0.25) is 0 Å². The lowest BCUT2D eigenvalue weighted by molar-refractivity contribution is 0.0721. The first kappa shape index (κ1) is 13.1. The van der Waals surface area contributed by atoms with Crippen LogP contribution in [0.3, 0.4) is 0 Å². The van der Waals surface area contributed by atoms with Crippen molar-refractivity contribution in [3.63, 3.8) is 0 Å². The molecule has 0 heterocycles. The van der Waals surface area contributed by atoms with Crippen LogP contribution in [0.5, 0.6) is 0 Å². The van der Waals surface area contributed by atoms with Crippen LogP contribution >= 0.6 is 0 Å². The standard InChI is InChI=1S/C15H26OSi/c1-11-12(10-17(3,4)5)14(16)13-8-6-7-9-15(11,13)2/h10,13-14,16H,1,6-9H2,2-5H3/b12-10+/t13-,14+,15+/m0/s1. The van der Waals surface area contributed by atoms with Gasteiger partial charge in [-0.1, -0.05) is 51.7 Å². The Hall–Kier alpha value is -0.343. The summed E-state index contributed by atoms with van der Waals surface area (Å²) >= 11 is 0. The Morgan fingerprint density at radius 2 is 2.00 bits per heavy atom. The average molecular weight is 250 g/mol. The third-order valence-corrected chi connectivity index (χ3v) is 5.78. The van der Waals surface area contributed by atoms with Gasteiger partial charge in [-0.25, -0.2) is 0 Å². The molecule has 0 aromatic carbocycles. The molecule has 2 saturated carbocycles. The number of aliphatic hydroxyl groups is 1. The van der Waals surface area contributed by atoms with E-state index in [1.165, 1.54) is 36.8 Å². The van der Waals surface area contributed by atoms with E-state index in [4.69, 9.17) is 0 Å². The molecule has 0 bridgehead atoms. The Bertz CT molecular complexity index is 364. The minimum atomic E-state index is -1.29. The highest BCUT2D eigenvalue weighted by Gasteiger charge is 2.50. The van der Waals surface area contributed by atoms with Crippen molar-refractivity contribution in [1.82, 2.24) is 0 Å². The normalized spacial score (nSPS) is 40.8. The van der Waals surface area contributed by atoms with E-state index in [2.05, 4.69) is 38.8 Å². The molecule has 2 rings (SSSR count). The Kier molecular flexibility index (Phi) is 3.16. The van der Waals surface area contributed by atoms with Gasteiger partial charge in [0, 0.05) is 0 Å². The molecule has 0 unspecified atom stereocenters. The zero-order chi connectivity index (χ0) is 12.8. The highest BCUT2D eigenvalue weighted by molar-refractivity contribution is 6.81. The van der Waals surface area contributed by atoms with Crippen molar-refractivity contribution in [1.29, 1.82) is 0 Å². The summed E-state index contributed by atoms with van der Waals surface area (Å²) in [6.45, 7) is 13.6. The molecule has 0 aromatic heterocycles. The second kappa shape index (κ2) is 4.10. The summed E-state index contributed by atoms with van der Waals surface area (Å²) in [7, 11) is -1.29. The minimum absolute atomic E-state index is 0.170. The Balaban J connectivity index is 2.39. The number of fused-ring (bicyclic) bond motifs is 1. The quantitative estimate of drug-likeness (QED) is 0.699. The lowest BCUT2D eigenvalue weighted by Crippen LogP contribution is -2.31. The summed E-state index contributed by atoms with van der Waals surface area (Å²) in [5, 5.41) is 10.6. The van der Waals surface area contributed by atoms with Crippen molar-refractivity contribution in [3.05, 3.63) is 23.4 Å². The third kappa shape index (κ3) is 2.17. The van der Waals surface area contributed by atoms with Gasteiger partial charge in [0.15, 0.2) is 0 Å². The predicted octanol–water partition coefficient (Wildman–Crippen LogP) is 3.92. The van der Waals surface area contributed by atoms with E-state index >= 15 is 0 Å². The fourth-order valence-corrected chi connectivity index (χ4v) is 4.88. The third-order valence-electron chi connectivity index (χ3n) is 4.61. The number of rotatable bonds is 1. The van der Waals surface area contributed by atoms with Crippen molar-refractivity contribution in [2.24, 2.45) is 11.3 Å². The van der Waals surface area contributed by atoms with E-state index in [0.717, 1.165) is 0 Å². The Morgan fingerprint density at radius 3 is 2.53 bits per heavy atom. The molecule has 3 atom stereocenters. The van der Waals surface area contributed by atoms with Crippen molar-refractivity contribution in [2.75, 3.05) is 0 Å². The number of aliphatic hydroxyl groups excluding tert-OH is 1. The number of hydrogen-bond donors (Lipinski definition) is 1. The fraction of sp³-hybridized carbons (Fsp3) is 0.733. The molecule has 0 spiro atoms. The van der Waals surface area contributed by atoms with Gasteiger partial charge in [0.05, 0.1) is 14.2 Å². The largest absolute Gasteiger partial charge is 0.388 e. The molecule has 2 aliphatic carbocycles. The topological polar surface area (TPSA) is 20.2 Å². The number of hydrogen-bond acceptors (Lipinski definition) is 1. The summed E-state index contributed by atoms with van der Waals surface area (Å²) in [6, 6.07) is 0. The van der Waals surface area contributed by atoms with Gasteiger partial charge in [-0.05, 0) is 35.3 Å². The molecule has 0 amide bonds. The van der Waals surface area contributed by atoms with Crippen LogP contribution in [0.1, 0.15) is 32.6 Å². The van der Waals surface area contributed by atoms with Crippen LogP contribution in [0, 0.1) is 11.3 Å². The maximum atomic E-state index is 10.6. The molecule has 2 fully saturated rings. The maximum Gasteiger partial charge on any atom is 0.0822 e. The molecule has 1 N–H and O–H groups in total. The van der Waals surface area contributed by atoms with Gasteiger partial charge >= 0.3 is 0 Å². The molecule has 0 aliphatic heterocycles. The van der Waals surface area contributed by atoms with Crippen LogP contribution in [0.2, 0.25) is 19.6 Å². The highest BCUT2D eigenvalue weighted by atomic mass is 28.3. The second-order valence-corrected chi connectivity index (χ2v) is 12.2. The van der Waals surface area contributed by atoms with Gasteiger partial charge in [-0.15, -0.1) is 0 Å². The smallest absolute Gasteiger partial charge is 0.0822 e. The van der Waals surface area contributed by atoms with Crippen molar-refractivity contribution in [2.45, 2.75) is 58.4 Å². The molecule has 17 heavy (non-hydrogen) atoms. The van der Waals surface area contributed by atoms with Crippen LogP contribution < -0.4 is 0 Å². The summed E-state index contributed by atoms with van der Waals surface area (Å²) in [5.41, 5.74) is 4.95. The SMILES string of the molecule is C=C1/C(=C\[Si](C)(C)C)[C@@H](O)[C@@H]2CCCC[C@]12C. The molecule has 0 aromatic rings. The van der Waals surface area contributed by atoms with Crippen LogP contribution in [0.25, 0.3) is 0 Å². The molecule has 2 aliphatic rings. The Morgan fingerprint density at radius 1 is 1.35 bits per heavy atom. The van der Waals surface area contributed by atoms with E-state index in [-0.39, 0.29) is 11.5 Å². The van der Waals surface area contributed by atoms with Gasteiger partial charge in [-0.2, -0.15) is 0 Å². The van der Waals surface area contributed by atoms with Gasteiger partial charge < -0.3 is 5.11 Å². The first-order chi connectivity index (χ1) is 7.76. The molecule has 96 valence electrons. The van der Waals surface area contributed by atoms with E-state index in [0.29, 0.717) is 5.92 Å². The van der Waals surface area contributed by atoms with Crippen molar-refractivity contribution in [3.8, 4) is 0 Å². The summed E-state index contributed by atoms with van der Waals surface area (Å²) in [5.74, 6) is 0.423. The van der Waals surface area contributed by atoms with Crippen molar-refractivity contribution >= 4 is 8.07 Å². The highest BCUT2D eigenvalue weighted by Crippen LogP contribution is 2.56. The molecular formula is C15H26OSi. The molecule has 1 nitrogen and oxygen atoms in total. The van der Waals surface area contributed by atoms with Crippen LogP contribution in [-0.2, 0) is 0 Å². The maximum absolute atomic E-state index is 10.6. The van der Waals surface area contributed by atoms with E-state index in [9.17, 15) is 5.11 Å². The molecule has 0 radical (unpaired) electrons. The molecule has 2 heteroatoms. The second-order valence-electron chi connectivity index (χ2n) is 7.16. The lowest BCUT2D eigenvalue weighted by atomic mass is 9.68. The van der Waals surface area contributed by atoms with E-state index in [1.807, 2.05) is 0 Å². The first-order valence-corrected chi connectivity index (χ1v) is 10.4. The fourth-order valence-electron chi connectivity index (χ4n) is 3.61. The minimum Gasteiger partial charge on any atom is -0.388 e. The lowest BCUT2D eigenvalue weighted by Gasteiger charge is -2.37. The zero-order valence-electron chi connectivity index (χ0n) is 11.7. The molecular weight excluding hydrogens is 224 g/mol. The van der Waals surface area contributed by atoms with Crippen LogP contribution in [0.15, 0.2) is 23.4 Å². The summed E-state index contributed by atoms with van der Waals surface area (Å²) in [6.07, 6.45) is 4.68. The predicted molar refractivity (Wildman–Crippen MR) is 76.6 cm³/mol.